The van der Waals surface area contributed by atoms with E-state index in [1.165, 1.54) is 5.56 Å². The number of carbonyl (C=O) groups is 1. The Morgan fingerprint density at radius 2 is 1.65 bits per heavy atom. The molecule has 0 spiro atoms. The zero-order chi connectivity index (χ0) is 14.7. The van der Waals surface area contributed by atoms with Crippen molar-refractivity contribution in [2.45, 2.75) is 19.2 Å². The molecular formula is C17H18BrOP. The number of alkyl halides is 1. The van der Waals surface area contributed by atoms with E-state index in [0.29, 0.717) is 0 Å². The van der Waals surface area contributed by atoms with Crippen LogP contribution in [-0.2, 0) is 5.33 Å². The van der Waals surface area contributed by atoms with Crippen LogP contribution in [0.1, 0.15) is 27.0 Å². The second-order valence-electron chi connectivity index (χ2n) is 4.94. The van der Waals surface area contributed by atoms with Crippen LogP contribution in [0.15, 0.2) is 42.5 Å². The molecule has 2 rings (SSSR count). The minimum Gasteiger partial charge on any atom is -0.289 e. The van der Waals surface area contributed by atoms with Gasteiger partial charge in [0.1, 0.15) is 0 Å². The Balaban J connectivity index is 2.39. The van der Waals surface area contributed by atoms with Gasteiger partial charge in [0.2, 0.25) is 0 Å². The largest absolute Gasteiger partial charge is 0.289 e. The third-order valence-electron chi connectivity index (χ3n) is 3.41. The van der Waals surface area contributed by atoms with E-state index in [1.54, 1.807) is 0 Å². The maximum atomic E-state index is 12.8. The van der Waals surface area contributed by atoms with E-state index in [2.05, 4.69) is 28.1 Å². The molecule has 1 nitrogen and oxygen atoms in total. The first-order valence-electron chi connectivity index (χ1n) is 6.53. The highest BCUT2D eigenvalue weighted by Crippen LogP contribution is 2.36. The highest BCUT2D eigenvalue weighted by atomic mass is 79.9. The molecule has 104 valence electrons. The molecule has 0 N–H and O–H groups in total. The van der Waals surface area contributed by atoms with Crippen molar-refractivity contribution in [3.05, 3.63) is 64.7 Å². The van der Waals surface area contributed by atoms with E-state index in [-0.39, 0.29) is 5.52 Å². The summed E-state index contributed by atoms with van der Waals surface area (Å²) in [4.78, 5) is 12.8. The summed E-state index contributed by atoms with van der Waals surface area (Å²) < 4.78 is 0. The summed E-state index contributed by atoms with van der Waals surface area (Å²) in [6, 6.07) is 14.3. The molecular weight excluding hydrogens is 331 g/mol. The predicted molar refractivity (Wildman–Crippen MR) is 91.8 cm³/mol. The predicted octanol–water partition coefficient (Wildman–Crippen LogP) is 4.78. The number of rotatable bonds is 4. The minimum absolute atomic E-state index is 0.266. The summed E-state index contributed by atoms with van der Waals surface area (Å²) in [7, 11) is -0.810. The fraction of sp³-hybridized carbons (Fsp3) is 0.235. The third kappa shape index (κ3) is 3.19. The Morgan fingerprint density at radius 3 is 2.15 bits per heavy atom. The first-order valence-corrected chi connectivity index (χ1v) is 9.45. The zero-order valence-electron chi connectivity index (χ0n) is 12.0. The lowest BCUT2D eigenvalue weighted by Gasteiger charge is -2.16. The maximum absolute atomic E-state index is 12.8. The average Bonchev–Trinajstić information content (AvgIpc) is 2.46. The van der Waals surface area contributed by atoms with Crippen molar-refractivity contribution in [2.24, 2.45) is 0 Å². The van der Waals surface area contributed by atoms with Crippen LogP contribution in [0.5, 0.6) is 0 Å². The van der Waals surface area contributed by atoms with Crippen molar-refractivity contribution in [3.8, 4) is 0 Å². The molecule has 0 saturated carbocycles. The Labute approximate surface area is 130 Å². The van der Waals surface area contributed by atoms with Crippen LogP contribution < -0.4 is 5.30 Å². The fourth-order valence-electron chi connectivity index (χ4n) is 2.40. The van der Waals surface area contributed by atoms with E-state index in [1.807, 2.05) is 50.8 Å². The first kappa shape index (κ1) is 15.4. The number of hydrogen-bond acceptors (Lipinski definition) is 1. The molecule has 0 aromatic heterocycles. The van der Waals surface area contributed by atoms with E-state index in [0.717, 1.165) is 27.3 Å². The zero-order valence-corrected chi connectivity index (χ0v) is 14.5. The summed E-state index contributed by atoms with van der Waals surface area (Å²) in [6.45, 7) is 6.10. The maximum Gasteiger partial charge on any atom is 0.188 e. The molecule has 2 aromatic carbocycles. The summed E-state index contributed by atoms with van der Waals surface area (Å²) in [5.74, 6) is 0. The molecule has 0 aliphatic carbocycles. The van der Waals surface area contributed by atoms with Gasteiger partial charge in [-0.2, -0.15) is 0 Å². The Bertz CT molecular complexity index is 599. The van der Waals surface area contributed by atoms with Crippen LogP contribution >= 0.6 is 23.9 Å². The minimum atomic E-state index is -0.810. The summed E-state index contributed by atoms with van der Waals surface area (Å²) in [5.41, 5.74) is 4.54. The van der Waals surface area contributed by atoms with E-state index in [4.69, 9.17) is 0 Å². The van der Waals surface area contributed by atoms with Crippen LogP contribution in [0, 0.1) is 13.8 Å². The van der Waals surface area contributed by atoms with Gasteiger partial charge in [-0.1, -0.05) is 58.4 Å². The summed E-state index contributed by atoms with van der Waals surface area (Å²) in [6.07, 6.45) is 0. The van der Waals surface area contributed by atoms with Crippen LogP contribution in [0.2, 0.25) is 0 Å². The van der Waals surface area contributed by atoms with Crippen molar-refractivity contribution in [1.29, 1.82) is 0 Å². The molecule has 0 radical (unpaired) electrons. The molecule has 1 atom stereocenters. The van der Waals surface area contributed by atoms with Crippen molar-refractivity contribution < 1.29 is 4.79 Å². The molecule has 2 aromatic rings. The molecule has 0 bridgehead atoms. The second kappa shape index (κ2) is 6.65. The molecule has 3 heteroatoms. The highest BCUT2D eigenvalue weighted by molar-refractivity contribution is 9.08. The first-order chi connectivity index (χ1) is 9.54. The lowest BCUT2D eigenvalue weighted by molar-refractivity contribution is 0.108. The van der Waals surface area contributed by atoms with Gasteiger partial charge in [-0.25, -0.2) is 0 Å². The van der Waals surface area contributed by atoms with Gasteiger partial charge in [0.25, 0.3) is 0 Å². The van der Waals surface area contributed by atoms with E-state index >= 15 is 0 Å². The van der Waals surface area contributed by atoms with Crippen molar-refractivity contribution in [3.63, 3.8) is 0 Å². The molecule has 0 aliphatic heterocycles. The quantitative estimate of drug-likeness (QED) is 0.574. The topological polar surface area (TPSA) is 17.1 Å². The Morgan fingerprint density at radius 1 is 1.10 bits per heavy atom. The van der Waals surface area contributed by atoms with E-state index in [9.17, 15) is 4.79 Å². The lowest BCUT2D eigenvalue weighted by Crippen LogP contribution is -2.10. The van der Waals surface area contributed by atoms with Gasteiger partial charge in [0.15, 0.2) is 5.52 Å². The van der Waals surface area contributed by atoms with E-state index < -0.39 is 7.92 Å². The molecule has 0 fully saturated rings. The van der Waals surface area contributed by atoms with Crippen LogP contribution in [-0.4, -0.2) is 12.2 Å². The average molecular weight is 349 g/mol. The smallest absolute Gasteiger partial charge is 0.188 e. The number of halogens is 1. The van der Waals surface area contributed by atoms with Crippen LogP contribution in [0.3, 0.4) is 0 Å². The molecule has 0 aliphatic rings. The van der Waals surface area contributed by atoms with Crippen LogP contribution in [0.4, 0.5) is 0 Å². The molecule has 0 heterocycles. The number of hydrogen-bond donors (Lipinski definition) is 0. The van der Waals surface area contributed by atoms with Gasteiger partial charge < -0.3 is 0 Å². The van der Waals surface area contributed by atoms with Gasteiger partial charge in [0.05, 0.1) is 0 Å². The second-order valence-corrected chi connectivity index (χ2v) is 7.54. The van der Waals surface area contributed by atoms with Gasteiger partial charge in [-0.05, 0) is 50.4 Å². The molecule has 0 amide bonds. The number of aryl methyl sites for hydroxylation is 2. The molecule has 1 unspecified atom stereocenters. The van der Waals surface area contributed by atoms with Gasteiger partial charge in [-0.15, -0.1) is 0 Å². The highest BCUT2D eigenvalue weighted by Gasteiger charge is 2.20. The number of carbonyl (C=O) groups excluding carboxylic acids is 1. The SMILES string of the molecule is Cc1cc(CBr)cc(C)c1C(=O)P(C)c1ccccc1. The molecule has 0 saturated heterocycles. The monoisotopic (exact) mass is 348 g/mol. The van der Waals surface area contributed by atoms with Crippen LogP contribution in [0.25, 0.3) is 0 Å². The van der Waals surface area contributed by atoms with Crippen molar-refractivity contribution >= 4 is 34.7 Å². The fourth-order valence-corrected chi connectivity index (χ4v) is 4.27. The standard InChI is InChI=1S/C17H18BrOP/c1-12-9-14(11-18)10-13(2)16(12)17(19)20(3)15-7-5-4-6-8-15/h4-10H,11H2,1-3H3. The van der Waals surface area contributed by atoms with Crippen molar-refractivity contribution in [1.82, 2.24) is 0 Å². The number of benzene rings is 2. The normalized spacial score (nSPS) is 12.2. The van der Waals surface area contributed by atoms with Gasteiger partial charge in [0, 0.05) is 10.9 Å². The Kier molecular flexibility index (Phi) is 5.12. The van der Waals surface area contributed by atoms with Gasteiger partial charge in [-0.3, -0.25) is 4.79 Å². The molecule has 20 heavy (non-hydrogen) atoms. The van der Waals surface area contributed by atoms with Gasteiger partial charge >= 0.3 is 0 Å². The lowest BCUT2D eigenvalue weighted by atomic mass is 10.0. The summed E-state index contributed by atoms with van der Waals surface area (Å²) in [5, 5.41) is 1.96. The third-order valence-corrected chi connectivity index (χ3v) is 5.96. The Hall–Kier alpha value is -0.980. The van der Waals surface area contributed by atoms with Crippen molar-refractivity contribution in [2.75, 3.05) is 6.66 Å². The summed E-state index contributed by atoms with van der Waals surface area (Å²) >= 11 is 3.47.